The van der Waals surface area contributed by atoms with Gasteiger partial charge in [0, 0.05) is 0 Å². The Hall–Kier alpha value is -0.759. The van der Waals surface area contributed by atoms with E-state index in [9.17, 15) is 0 Å². The molecule has 184 valence electrons. The van der Waals surface area contributed by atoms with Crippen molar-refractivity contribution in [1.82, 2.24) is 0 Å². The lowest BCUT2D eigenvalue weighted by molar-refractivity contribution is 0.253. The maximum absolute atomic E-state index is 6.80. The van der Waals surface area contributed by atoms with Crippen LogP contribution in [0.2, 0.25) is 32.7 Å². The van der Waals surface area contributed by atoms with Gasteiger partial charge < -0.3 is 24.7 Å². The third kappa shape index (κ3) is 7.88. The molecule has 1 rings (SSSR count). The molecule has 12 heteroatoms. The molecule has 0 bridgehead atoms. The van der Waals surface area contributed by atoms with Crippen LogP contribution in [0.5, 0.6) is 0 Å². The van der Waals surface area contributed by atoms with Gasteiger partial charge >= 0.3 is 51.4 Å². The predicted octanol–water partition coefficient (Wildman–Crippen LogP) is 5.76. The van der Waals surface area contributed by atoms with Crippen molar-refractivity contribution >= 4 is 51.4 Å². The van der Waals surface area contributed by atoms with E-state index in [2.05, 4.69) is 39.5 Å². The van der Waals surface area contributed by atoms with Crippen molar-refractivity contribution in [1.29, 1.82) is 0 Å². The minimum Gasteiger partial charge on any atom is -0.416 e. The molecule has 1 aliphatic rings. The van der Waals surface area contributed by atoms with Crippen molar-refractivity contribution in [2.45, 2.75) is 46.6 Å². The first-order valence-corrected chi connectivity index (χ1v) is 24.6. The lowest BCUT2D eigenvalue weighted by atomic mass is 10.4. The van der Waals surface area contributed by atoms with Crippen LogP contribution in [0.4, 0.5) is 0 Å². The van der Waals surface area contributed by atoms with Crippen molar-refractivity contribution in [3.8, 4) is 0 Å². The van der Waals surface area contributed by atoms with Crippen LogP contribution < -0.4 is 0 Å². The zero-order chi connectivity index (χ0) is 25.8. The Bertz CT molecular complexity index is 821. The minimum absolute atomic E-state index is 1.03. The highest BCUT2D eigenvalue weighted by atomic mass is 28.5. The number of allylic oxidation sites excluding steroid dienone is 1. The molecule has 1 aliphatic heterocycles. The average molecular weight is 557 g/mol. The first-order chi connectivity index (χ1) is 15.0. The third-order valence-electron chi connectivity index (χ3n) is 4.63. The number of hydrogen-bond acceptors (Lipinski definition) is 6. The predicted molar refractivity (Wildman–Crippen MR) is 151 cm³/mol. The molecule has 1 fully saturated rings. The number of hydrogen-bond donors (Lipinski definition) is 0. The van der Waals surface area contributed by atoms with Gasteiger partial charge in [-0.1, -0.05) is 11.3 Å². The summed E-state index contributed by atoms with van der Waals surface area (Å²) in [5.74, 6) is 0. The van der Waals surface area contributed by atoms with Crippen molar-refractivity contribution in [3.05, 3.63) is 84.9 Å². The van der Waals surface area contributed by atoms with Gasteiger partial charge in [0.15, 0.2) is 0 Å². The molecule has 0 aromatic heterocycles. The van der Waals surface area contributed by atoms with Gasteiger partial charge in [-0.2, -0.15) is 0 Å². The molecule has 2 atom stereocenters. The molecule has 0 spiro atoms. The monoisotopic (exact) mass is 556 g/mol. The summed E-state index contributed by atoms with van der Waals surface area (Å²) in [5.41, 5.74) is 13.1. The second kappa shape index (κ2) is 10.9. The molecule has 0 radical (unpaired) electrons. The van der Waals surface area contributed by atoms with Gasteiger partial charge in [-0.25, -0.2) is 0 Å². The largest absolute Gasteiger partial charge is 0.416 e. The summed E-state index contributed by atoms with van der Waals surface area (Å²) in [6.07, 6.45) is 0. The van der Waals surface area contributed by atoms with E-state index in [1.54, 1.807) is 34.2 Å². The van der Waals surface area contributed by atoms with Gasteiger partial charge in [0.05, 0.1) is 0 Å². The molecule has 1 saturated heterocycles. The Morgan fingerprint density at radius 3 is 1.27 bits per heavy atom. The molecular formula is C21H40O6Si6. The number of rotatable bonds is 7. The summed E-state index contributed by atoms with van der Waals surface area (Å²) in [7, 11) is -18.3. The minimum atomic E-state index is -3.33. The van der Waals surface area contributed by atoms with Crippen molar-refractivity contribution in [3.63, 3.8) is 0 Å². The Morgan fingerprint density at radius 2 is 0.879 bits per heavy atom. The van der Waals surface area contributed by atoms with Gasteiger partial charge in [-0.3, -0.25) is 0 Å². The lowest BCUT2D eigenvalue weighted by Gasteiger charge is -2.46. The van der Waals surface area contributed by atoms with Crippen LogP contribution in [0.25, 0.3) is 0 Å². The van der Waals surface area contributed by atoms with Gasteiger partial charge in [-0.05, 0) is 80.8 Å². The van der Waals surface area contributed by atoms with Crippen molar-refractivity contribution in [2.24, 2.45) is 0 Å². The SMILES string of the molecule is C=C[Si]1(C)O[Si](C)(C)O[Si](C)(C)O[Si](C=C)(C=C(C)C)O[Si](C=C)(C=C)O[Si](C=C)(C=C)O1. The standard InChI is InChI=1S/C21H40O6Si6/c1-14-30(13)23-28(9,10)22-29(11,12)24-33(19-6,20-21(7)8)27-32(17-4,18-5)26-31(15-2,16-3)25-30/h14-20H,1-6H2,7-13H3. The van der Waals surface area contributed by atoms with E-state index >= 15 is 0 Å². The average Bonchev–Trinajstić information content (AvgIpc) is 2.69. The maximum Gasteiger partial charge on any atom is 0.374 e. The summed E-state index contributed by atoms with van der Waals surface area (Å²) in [6.45, 7) is 37.9. The fourth-order valence-corrected chi connectivity index (χ4v) is 30.8. The van der Waals surface area contributed by atoms with Gasteiger partial charge in [0.2, 0.25) is 0 Å². The van der Waals surface area contributed by atoms with E-state index in [1.165, 1.54) is 0 Å². The fraction of sp³-hybridized carbons (Fsp3) is 0.333. The zero-order valence-corrected chi connectivity index (χ0v) is 27.2. The molecule has 1 heterocycles. The van der Waals surface area contributed by atoms with Crippen LogP contribution in [-0.4, -0.2) is 51.4 Å². The van der Waals surface area contributed by atoms with E-state index in [1.807, 2.05) is 52.3 Å². The molecule has 0 amide bonds. The topological polar surface area (TPSA) is 55.4 Å². The Morgan fingerprint density at radius 1 is 0.485 bits per heavy atom. The summed E-state index contributed by atoms with van der Waals surface area (Å²) < 4.78 is 40.1. The van der Waals surface area contributed by atoms with E-state index in [0.29, 0.717) is 0 Å². The summed E-state index contributed by atoms with van der Waals surface area (Å²) in [5, 5.41) is 0. The van der Waals surface area contributed by atoms with Gasteiger partial charge in [0.25, 0.3) is 0 Å². The van der Waals surface area contributed by atoms with Crippen molar-refractivity contribution in [2.75, 3.05) is 0 Å². The molecule has 0 saturated carbocycles. The van der Waals surface area contributed by atoms with Crippen LogP contribution in [0.3, 0.4) is 0 Å². The zero-order valence-electron chi connectivity index (χ0n) is 21.2. The first kappa shape index (κ1) is 30.3. The Labute approximate surface area is 207 Å². The van der Waals surface area contributed by atoms with E-state index < -0.39 is 51.4 Å². The summed E-state index contributed by atoms with van der Waals surface area (Å²) in [4.78, 5) is 0. The molecule has 33 heavy (non-hydrogen) atoms. The molecule has 0 aromatic carbocycles. The van der Waals surface area contributed by atoms with Crippen LogP contribution in [-0.2, 0) is 24.7 Å². The molecule has 2 unspecified atom stereocenters. The second-order valence-corrected chi connectivity index (χ2v) is 28.6. The molecule has 0 N–H and O–H groups in total. The normalized spacial score (nSPS) is 30.9. The lowest BCUT2D eigenvalue weighted by Crippen LogP contribution is -2.66. The van der Waals surface area contributed by atoms with Crippen molar-refractivity contribution < 1.29 is 24.7 Å². The quantitative estimate of drug-likeness (QED) is 0.372. The highest BCUT2D eigenvalue weighted by Crippen LogP contribution is 2.34. The molecule has 0 aliphatic carbocycles. The molecule has 0 aromatic rings. The third-order valence-corrected chi connectivity index (χ3v) is 28.0. The Balaban J connectivity index is 3.92. The van der Waals surface area contributed by atoms with E-state index in [-0.39, 0.29) is 0 Å². The summed E-state index contributed by atoms with van der Waals surface area (Å²) >= 11 is 0. The maximum atomic E-state index is 6.80. The molecule has 6 nitrogen and oxygen atoms in total. The van der Waals surface area contributed by atoms with Crippen LogP contribution in [0.1, 0.15) is 13.8 Å². The van der Waals surface area contributed by atoms with Gasteiger partial charge in [0.1, 0.15) is 0 Å². The van der Waals surface area contributed by atoms with E-state index in [4.69, 9.17) is 24.7 Å². The van der Waals surface area contributed by atoms with Crippen LogP contribution in [0, 0.1) is 0 Å². The molecular weight excluding hydrogens is 517 g/mol. The summed E-state index contributed by atoms with van der Waals surface area (Å²) in [6, 6.07) is 0. The highest BCUT2D eigenvalue weighted by Gasteiger charge is 2.55. The fourth-order valence-electron chi connectivity index (χ4n) is 3.59. The first-order valence-electron chi connectivity index (χ1n) is 10.7. The second-order valence-electron chi connectivity index (χ2n) is 9.04. The highest BCUT2D eigenvalue weighted by molar-refractivity contribution is 7.01. The Kier molecular flexibility index (Phi) is 9.98. The van der Waals surface area contributed by atoms with Crippen LogP contribution in [0.15, 0.2) is 84.9 Å². The smallest absolute Gasteiger partial charge is 0.374 e. The van der Waals surface area contributed by atoms with Gasteiger partial charge in [-0.15, -0.1) is 39.5 Å². The van der Waals surface area contributed by atoms with E-state index in [0.717, 1.165) is 5.57 Å². The van der Waals surface area contributed by atoms with Crippen LogP contribution >= 0.6 is 0 Å².